The summed E-state index contributed by atoms with van der Waals surface area (Å²) in [6.07, 6.45) is 5.68. The van der Waals surface area contributed by atoms with Gasteiger partial charge in [0.1, 0.15) is 0 Å². The molecule has 0 amide bonds. The van der Waals surface area contributed by atoms with Gasteiger partial charge in [-0.15, -0.1) is 0 Å². The summed E-state index contributed by atoms with van der Waals surface area (Å²) in [5.74, 6) is 0. The molecule has 0 saturated carbocycles. The first-order chi connectivity index (χ1) is 9.45. The fraction of sp³-hybridized carbons (Fsp3) is 0. The van der Waals surface area contributed by atoms with E-state index in [1.54, 1.807) is 0 Å². The summed E-state index contributed by atoms with van der Waals surface area (Å²) in [6.45, 7) is 0. The van der Waals surface area contributed by atoms with E-state index in [1.807, 2.05) is 48.9 Å². The van der Waals surface area contributed by atoms with Gasteiger partial charge in [-0.2, -0.15) is 0 Å². The zero-order valence-electron chi connectivity index (χ0n) is 10.5. The minimum Gasteiger partial charge on any atom is -0.368 e. The molecule has 2 aromatic carbocycles. The SMILES string of the molecule is c1cc[nH]c1.c1ccc2c(c1)cnc1ccccc12. The van der Waals surface area contributed by atoms with Gasteiger partial charge in [0, 0.05) is 29.4 Å². The Morgan fingerprint density at radius 2 is 1.37 bits per heavy atom. The van der Waals surface area contributed by atoms with E-state index in [0.717, 1.165) is 5.52 Å². The lowest BCUT2D eigenvalue weighted by molar-refractivity contribution is 1.42. The molecule has 0 aliphatic heterocycles. The lowest BCUT2D eigenvalue weighted by atomic mass is 10.1. The third kappa shape index (κ3) is 2.47. The number of H-pyrrole nitrogens is 1. The molecule has 2 heteroatoms. The topological polar surface area (TPSA) is 28.7 Å². The Bertz CT molecular complexity index is 701. The van der Waals surface area contributed by atoms with Gasteiger partial charge >= 0.3 is 0 Å². The van der Waals surface area contributed by atoms with Crippen molar-refractivity contribution >= 4 is 21.7 Å². The van der Waals surface area contributed by atoms with Crippen LogP contribution in [0.1, 0.15) is 0 Å². The van der Waals surface area contributed by atoms with Crippen LogP contribution in [0.5, 0.6) is 0 Å². The van der Waals surface area contributed by atoms with E-state index in [9.17, 15) is 0 Å². The molecular weight excluding hydrogens is 232 g/mol. The van der Waals surface area contributed by atoms with E-state index >= 15 is 0 Å². The van der Waals surface area contributed by atoms with Gasteiger partial charge in [0.15, 0.2) is 0 Å². The number of aromatic amines is 1. The van der Waals surface area contributed by atoms with Gasteiger partial charge in [0.25, 0.3) is 0 Å². The molecule has 0 aliphatic carbocycles. The van der Waals surface area contributed by atoms with Crippen LogP contribution in [-0.2, 0) is 0 Å². The predicted molar refractivity (Wildman–Crippen MR) is 80.0 cm³/mol. The minimum atomic E-state index is 1.06. The van der Waals surface area contributed by atoms with Crippen molar-refractivity contribution in [1.82, 2.24) is 9.97 Å². The highest BCUT2D eigenvalue weighted by Crippen LogP contribution is 2.22. The number of para-hydroxylation sites is 1. The predicted octanol–water partition coefficient (Wildman–Crippen LogP) is 4.40. The Morgan fingerprint density at radius 1 is 0.684 bits per heavy atom. The van der Waals surface area contributed by atoms with Gasteiger partial charge in [-0.05, 0) is 23.6 Å². The van der Waals surface area contributed by atoms with E-state index in [2.05, 4.69) is 40.3 Å². The largest absolute Gasteiger partial charge is 0.368 e. The van der Waals surface area contributed by atoms with Crippen molar-refractivity contribution in [3.63, 3.8) is 0 Å². The summed E-state index contributed by atoms with van der Waals surface area (Å²) in [7, 11) is 0. The van der Waals surface area contributed by atoms with Gasteiger partial charge in [-0.3, -0.25) is 4.98 Å². The maximum atomic E-state index is 4.41. The molecule has 0 aliphatic rings. The van der Waals surface area contributed by atoms with E-state index < -0.39 is 0 Å². The van der Waals surface area contributed by atoms with Crippen LogP contribution in [0.4, 0.5) is 0 Å². The maximum Gasteiger partial charge on any atom is 0.0708 e. The summed E-state index contributed by atoms with van der Waals surface area (Å²) < 4.78 is 0. The number of hydrogen-bond acceptors (Lipinski definition) is 1. The molecule has 0 bridgehead atoms. The van der Waals surface area contributed by atoms with Gasteiger partial charge in [0.2, 0.25) is 0 Å². The fourth-order valence-electron chi connectivity index (χ4n) is 2.09. The van der Waals surface area contributed by atoms with Crippen molar-refractivity contribution in [3.05, 3.63) is 79.3 Å². The van der Waals surface area contributed by atoms with Crippen LogP contribution in [-0.4, -0.2) is 9.97 Å². The van der Waals surface area contributed by atoms with E-state index in [1.165, 1.54) is 16.2 Å². The summed E-state index contributed by atoms with van der Waals surface area (Å²) >= 11 is 0. The zero-order valence-corrected chi connectivity index (χ0v) is 10.5. The van der Waals surface area contributed by atoms with Crippen molar-refractivity contribution in [3.8, 4) is 0 Å². The quantitative estimate of drug-likeness (QED) is 0.458. The maximum absolute atomic E-state index is 4.41. The number of aromatic nitrogens is 2. The molecule has 0 fully saturated rings. The van der Waals surface area contributed by atoms with Gasteiger partial charge < -0.3 is 4.98 Å². The Morgan fingerprint density at radius 3 is 2.11 bits per heavy atom. The van der Waals surface area contributed by atoms with Crippen LogP contribution < -0.4 is 0 Å². The molecule has 0 unspecified atom stereocenters. The highest BCUT2D eigenvalue weighted by Gasteiger charge is 1.98. The summed E-state index contributed by atoms with van der Waals surface area (Å²) in [4.78, 5) is 7.27. The Balaban J connectivity index is 0.000000187. The third-order valence-corrected chi connectivity index (χ3v) is 2.99. The second-order valence-corrected chi connectivity index (χ2v) is 4.25. The van der Waals surface area contributed by atoms with Crippen LogP contribution in [0.25, 0.3) is 21.7 Å². The van der Waals surface area contributed by atoms with Crippen molar-refractivity contribution < 1.29 is 0 Å². The Labute approximate surface area is 111 Å². The fourth-order valence-corrected chi connectivity index (χ4v) is 2.09. The molecule has 0 saturated heterocycles. The molecule has 0 radical (unpaired) electrons. The molecule has 2 nitrogen and oxygen atoms in total. The number of nitrogens with zero attached hydrogens (tertiary/aromatic N) is 1. The second kappa shape index (κ2) is 5.36. The monoisotopic (exact) mass is 246 g/mol. The van der Waals surface area contributed by atoms with Crippen LogP contribution >= 0.6 is 0 Å². The lowest BCUT2D eigenvalue weighted by Gasteiger charge is -2.01. The zero-order chi connectivity index (χ0) is 12.9. The molecule has 0 atom stereocenters. The van der Waals surface area contributed by atoms with E-state index in [-0.39, 0.29) is 0 Å². The van der Waals surface area contributed by atoms with Crippen molar-refractivity contribution in [2.24, 2.45) is 0 Å². The van der Waals surface area contributed by atoms with Crippen molar-refractivity contribution in [1.29, 1.82) is 0 Å². The van der Waals surface area contributed by atoms with Crippen LogP contribution in [0, 0.1) is 0 Å². The molecule has 92 valence electrons. The average molecular weight is 246 g/mol. The normalized spacial score (nSPS) is 10.1. The average Bonchev–Trinajstić information content (AvgIpc) is 3.07. The summed E-state index contributed by atoms with van der Waals surface area (Å²) in [6, 6.07) is 20.5. The highest BCUT2D eigenvalue weighted by molar-refractivity contribution is 6.05. The van der Waals surface area contributed by atoms with Crippen LogP contribution in [0.3, 0.4) is 0 Å². The van der Waals surface area contributed by atoms with Crippen molar-refractivity contribution in [2.75, 3.05) is 0 Å². The molecule has 4 aromatic rings. The van der Waals surface area contributed by atoms with E-state index in [4.69, 9.17) is 0 Å². The molecule has 1 N–H and O–H groups in total. The number of rotatable bonds is 0. The molecule has 2 heterocycles. The van der Waals surface area contributed by atoms with Gasteiger partial charge in [0.05, 0.1) is 5.52 Å². The summed E-state index contributed by atoms with van der Waals surface area (Å²) in [5, 5.41) is 3.70. The minimum absolute atomic E-state index is 1.06. The summed E-state index contributed by atoms with van der Waals surface area (Å²) in [5.41, 5.74) is 1.06. The highest BCUT2D eigenvalue weighted by atomic mass is 14.6. The van der Waals surface area contributed by atoms with Crippen LogP contribution in [0.15, 0.2) is 79.3 Å². The molecule has 19 heavy (non-hydrogen) atoms. The Hall–Kier alpha value is -2.61. The molecule has 4 rings (SSSR count). The van der Waals surface area contributed by atoms with E-state index in [0.29, 0.717) is 0 Å². The smallest absolute Gasteiger partial charge is 0.0708 e. The lowest BCUT2D eigenvalue weighted by Crippen LogP contribution is -1.80. The number of fused-ring (bicyclic) bond motifs is 3. The second-order valence-electron chi connectivity index (χ2n) is 4.25. The molecule has 2 aromatic heterocycles. The van der Waals surface area contributed by atoms with Crippen molar-refractivity contribution in [2.45, 2.75) is 0 Å². The number of hydrogen-bond donors (Lipinski definition) is 1. The van der Waals surface area contributed by atoms with Gasteiger partial charge in [-0.25, -0.2) is 0 Å². The first kappa shape index (κ1) is 11.5. The first-order valence-electron chi connectivity index (χ1n) is 6.25. The van der Waals surface area contributed by atoms with Crippen LogP contribution in [0.2, 0.25) is 0 Å². The standard InChI is InChI=1S/C13H9N.C4H5N/c1-2-6-11-10(5-1)9-14-13-8-4-3-7-12(11)13;1-2-4-5-3-1/h1-9H;1-5H. The number of benzene rings is 2. The number of nitrogens with one attached hydrogen (secondary N) is 1. The van der Waals surface area contributed by atoms with Gasteiger partial charge in [-0.1, -0.05) is 42.5 Å². The third-order valence-electron chi connectivity index (χ3n) is 2.99. The molecule has 0 spiro atoms. The number of pyridine rings is 1. The first-order valence-corrected chi connectivity index (χ1v) is 6.25. The molecular formula is C17H14N2. The Kier molecular flexibility index (Phi) is 3.24.